The Balaban J connectivity index is 1.50. The first-order valence-corrected chi connectivity index (χ1v) is 8.23. The highest BCUT2D eigenvalue weighted by atomic mass is 79.9. The second-order valence-electron chi connectivity index (χ2n) is 5.35. The van der Waals surface area contributed by atoms with Crippen molar-refractivity contribution in [1.29, 1.82) is 0 Å². The fourth-order valence-electron chi connectivity index (χ4n) is 2.51. The Bertz CT molecular complexity index is 633. The largest absolute Gasteiger partial charge is 0.446 e. The molecule has 1 aliphatic heterocycles. The van der Waals surface area contributed by atoms with Crippen molar-refractivity contribution in [3.8, 4) is 0 Å². The maximum absolute atomic E-state index is 12.1. The van der Waals surface area contributed by atoms with Crippen molar-refractivity contribution in [2.24, 2.45) is 0 Å². The Kier molecular flexibility index (Phi) is 4.90. The molecule has 5 nitrogen and oxygen atoms in total. The van der Waals surface area contributed by atoms with Gasteiger partial charge in [-0.3, -0.25) is 4.79 Å². The second kappa shape index (κ2) is 7.07. The van der Waals surface area contributed by atoms with Crippen molar-refractivity contribution < 1.29 is 9.21 Å². The number of hydrogen-bond acceptors (Lipinski definition) is 4. The number of nitrogens with zero attached hydrogens (tertiary/aromatic N) is 1. The number of carbonyl (C=O) groups is 1. The van der Waals surface area contributed by atoms with Crippen LogP contribution in [0.1, 0.15) is 40.8 Å². The smallest absolute Gasteiger partial charge is 0.273 e. The molecule has 1 atom stereocenters. The van der Waals surface area contributed by atoms with Crippen LogP contribution < -0.4 is 10.6 Å². The van der Waals surface area contributed by atoms with Gasteiger partial charge in [-0.2, -0.15) is 0 Å². The van der Waals surface area contributed by atoms with Gasteiger partial charge in [-0.25, -0.2) is 4.98 Å². The van der Waals surface area contributed by atoms with E-state index in [-0.39, 0.29) is 11.9 Å². The van der Waals surface area contributed by atoms with Gasteiger partial charge in [0.2, 0.25) is 5.89 Å². The van der Waals surface area contributed by atoms with E-state index in [1.807, 2.05) is 24.3 Å². The second-order valence-corrected chi connectivity index (χ2v) is 6.27. The average Bonchev–Trinajstić information content (AvgIpc) is 3.20. The minimum absolute atomic E-state index is 0.143. The van der Waals surface area contributed by atoms with Crippen LogP contribution in [0, 0.1) is 0 Å². The minimum Gasteiger partial charge on any atom is -0.446 e. The molecule has 0 bridgehead atoms. The molecule has 0 aliphatic carbocycles. The molecule has 1 fully saturated rings. The molecule has 116 valence electrons. The molecular formula is C16H18BrN3O2. The maximum Gasteiger partial charge on any atom is 0.273 e. The standard InChI is InChI=1S/C16H18BrN3O2/c17-12-5-3-11(4-6-12)7-9-19-15(21)14-10-22-16(20-14)13-2-1-8-18-13/h3-6,10,13,18H,1-2,7-9H2,(H,19,21). The van der Waals surface area contributed by atoms with E-state index in [9.17, 15) is 4.79 Å². The van der Waals surface area contributed by atoms with Gasteiger partial charge in [0.1, 0.15) is 6.26 Å². The number of carbonyl (C=O) groups excluding carboxylic acids is 1. The van der Waals surface area contributed by atoms with Gasteiger partial charge in [-0.05, 0) is 43.5 Å². The van der Waals surface area contributed by atoms with Crippen LogP contribution in [0.5, 0.6) is 0 Å². The Morgan fingerprint density at radius 3 is 2.95 bits per heavy atom. The molecule has 1 saturated heterocycles. The van der Waals surface area contributed by atoms with Crippen LogP contribution in [0.4, 0.5) is 0 Å². The molecule has 3 rings (SSSR count). The Hall–Kier alpha value is -1.66. The number of amides is 1. The summed E-state index contributed by atoms with van der Waals surface area (Å²) in [5.74, 6) is 0.417. The van der Waals surface area contributed by atoms with Crippen LogP contribution in [0.2, 0.25) is 0 Å². The third-order valence-electron chi connectivity index (χ3n) is 3.73. The molecule has 0 radical (unpaired) electrons. The Labute approximate surface area is 137 Å². The molecule has 2 aromatic rings. The first kappa shape index (κ1) is 15.2. The lowest BCUT2D eigenvalue weighted by Crippen LogP contribution is -2.26. The number of benzene rings is 1. The summed E-state index contributed by atoms with van der Waals surface area (Å²) in [5, 5.41) is 6.17. The fourth-order valence-corrected chi connectivity index (χ4v) is 2.77. The van der Waals surface area contributed by atoms with E-state index in [1.165, 1.54) is 11.8 Å². The normalized spacial score (nSPS) is 17.6. The molecular weight excluding hydrogens is 346 g/mol. The average molecular weight is 364 g/mol. The van der Waals surface area contributed by atoms with Crippen LogP contribution in [0.3, 0.4) is 0 Å². The zero-order chi connectivity index (χ0) is 15.4. The highest BCUT2D eigenvalue weighted by molar-refractivity contribution is 9.10. The molecule has 1 amide bonds. The van der Waals surface area contributed by atoms with Gasteiger partial charge >= 0.3 is 0 Å². The molecule has 0 spiro atoms. The number of nitrogens with one attached hydrogen (secondary N) is 2. The van der Waals surface area contributed by atoms with E-state index in [2.05, 4.69) is 31.5 Å². The first-order valence-electron chi connectivity index (χ1n) is 7.44. The number of halogens is 1. The zero-order valence-electron chi connectivity index (χ0n) is 12.1. The predicted octanol–water partition coefficient (Wildman–Crippen LogP) is 2.83. The van der Waals surface area contributed by atoms with Crippen molar-refractivity contribution in [2.45, 2.75) is 25.3 Å². The van der Waals surface area contributed by atoms with Gasteiger partial charge in [0.15, 0.2) is 5.69 Å². The summed E-state index contributed by atoms with van der Waals surface area (Å²) in [6.07, 6.45) is 4.34. The molecule has 6 heteroatoms. The van der Waals surface area contributed by atoms with E-state index in [4.69, 9.17) is 4.42 Å². The quantitative estimate of drug-likeness (QED) is 0.856. The molecule has 2 heterocycles. The van der Waals surface area contributed by atoms with Gasteiger partial charge in [0.25, 0.3) is 5.91 Å². The summed E-state index contributed by atoms with van der Waals surface area (Å²) in [6, 6.07) is 8.21. The number of hydrogen-bond donors (Lipinski definition) is 2. The summed E-state index contributed by atoms with van der Waals surface area (Å²) in [4.78, 5) is 16.3. The van der Waals surface area contributed by atoms with Gasteiger partial charge in [-0.15, -0.1) is 0 Å². The molecule has 2 N–H and O–H groups in total. The summed E-state index contributed by atoms with van der Waals surface area (Å²) < 4.78 is 6.46. The zero-order valence-corrected chi connectivity index (χ0v) is 13.7. The van der Waals surface area contributed by atoms with Crippen LogP contribution in [0.15, 0.2) is 39.4 Å². The van der Waals surface area contributed by atoms with Crippen molar-refractivity contribution in [3.63, 3.8) is 0 Å². The first-order chi connectivity index (χ1) is 10.7. The van der Waals surface area contributed by atoms with Crippen molar-refractivity contribution in [3.05, 3.63) is 52.1 Å². The predicted molar refractivity (Wildman–Crippen MR) is 86.7 cm³/mol. The van der Waals surface area contributed by atoms with E-state index in [0.717, 1.165) is 30.3 Å². The van der Waals surface area contributed by atoms with Gasteiger partial charge in [0.05, 0.1) is 6.04 Å². The fraction of sp³-hybridized carbons (Fsp3) is 0.375. The Morgan fingerprint density at radius 2 is 2.23 bits per heavy atom. The lowest BCUT2D eigenvalue weighted by Gasteiger charge is -2.04. The summed E-state index contributed by atoms with van der Waals surface area (Å²) in [7, 11) is 0. The molecule has 0 saturated carbocycles. The van der Waals surface area contributed by atoms with Crippen molar-refractivity contribution >= 4 is 21.8 Å². The molecule has 1 aliphatic rings. The monoisotopic (exact) mass is 363 g/mol. The van der Waals surface area contributed by atoms with E-state index in [1.54, 1.807) is 0 Å². The summed E-state index contributed by atoms with van der Waals surface area (Å²) in [5.41, 5.74) is 1.53. The van der Waals surface area contributed by atoms with Gasteiger partial charge in [0, 0.05) is 11.0 Å². The summed E-state index contributed by atoms with van der Waals surface area (Å²) >= 11 is 3.40. The molecule has 1 unspecified atom stereocenters. The van der Waals surface area contributed by atoms with Crippen LogP contribution in [0.25, 0.3) is 0 Å². The molecule has 22 heavy (non-hydrogen) atoms. The van der Waals surface area contributed by atoms with Gasteiger partial charge < -0.3 is 15.1 Å². The third kappa shape index (κ3) is 3.75. The number of oxazole rings is 1. The van der Waals surface area contributed by atoms with E-state index < -0.39 is 0 Å². The number of rotatable bonds is 5. The van der Waals surface area contributed by atoms with Gasteiger partial charge in [-0.1, -0.05) is 28.1 Å². The Morgan fingerprint density at radius 1 is 1.41 bits per heavy atom. The van der Waals surface area contributed by atoms with Crippen LogP contribution in [-0.2, 0) is 6.42 Å². The minimum atomic E-state index is -0.190. The highest BCUT2D eigenvalue weighted by Crippen LogP contribution is 2.22. The third-order valence-corrected chi connectivity index (χ3v) is 4.25. The van der Waals surface area contributed by atoms with Crippen molar-refractivity contribution in [2.75, 3.05) is 13.1 Å². The van der Waals surface area contributed by atoms with E-state index in [0.29, 0.717) is 18.1 Å². The molecule has 1 aromatic heterocycles. The highest BCUT2D eigenvalue weighted by Gasteiger charge is 2.22. The van der Waals surface area contributed by atoms with Crippen molar-refractivity contribution in [1.82, 2.24) is 15.6 Å². The summed E-state index contributed by atoms with van der Waals surface area (Å²) in [6.45, 7) is 1.55. The lowest BCUT2D eigenvalue weighted by molar-refractivity contribution is 0.0949. The molecule has 1 aromatic carbocycles. The van der Waals surface area contributed by atoms with Crippen LogP contribution >= 0.6 is 15.9 Å². The van der Waals surface area contributed by atoms with Crippen LogP contribution in [-0.4, -0.2) is 24.0 Å². The SMILES string of the molecule is O=C(NCCc1ccc(Br)cc1)c1coc(C2CCCN2)n1. The number of aromatic nitrogens is 1. The topological polar surface area (TPSA) is 67.2 Å². The lowest BCUT2D eigenvalue weighted by atomic mass is 10.1. The van der Waals surface area contributed by atoms with E-state index >= 15 is 0 Å². The maximum atomic E-state index is 12.1.